The Morgan fingerprint density at radius 2 is 1.58 bits per heavy atom. The summed E-state index contributed by atoms with van der Waals surface area (Å²) in [5.74, 6) is -8.16. The summed E-state index contributed by atoms with van der Waals surface area (Å²) in [5, 5.41) is 47.7. The molecule has 244 valence electrons. The molecule has 3 aliphatic carbocycles. The highest BCUT2D eigenvalue weighted by Gasteiger charge is 2.75. The second-order valence-corrected chi connectivity index (χ2v) is 14.4. The van der Waals surface area contributed by atoms with Crippen molar-refractivity contribution < 1.29 is 44.4 Å². The zero-order valence-electron chi connectivity index (χ0n) is 27.7. The van der Waals surface area contributed by atoms with Gasteiger partial charge in [0.1, 0.15) is 34.4 Å². The van der Waals surface area contributed by atoms with Crippen LogP contribution < -0.4 is 0 Å². The number of aliphatic hydroxyl groups excluding tert-OH is 2. The Bertz CT molecular complexity index is 1580. The number of carbonyl (C=O) groups excluding carboxylic acids is 5. The van der Waals surface area contributed by atoms with Crippen molar-refractivity contribution in [3.8, 4) is 5.75 Å². The van der Waals surface area contributed by atoms with Crippen LogP contribution in [0.3, 0.4) is 0 Å². The van der Waals surface area contributed by atoms with E-state index in [-0.39, 0.29) is 59.9 Å². The molecule has 0 radical (unpaired) electrons. The summed E-state index contributed by atoms with van der Waals surface area (Å²) in [7, 11) is 0. The zero-order chi connectivity index (χ0) is 34.1. The second-order valence-electron chi connectivity index (χ2n) is 14.4. The van der Waals surface area contributed by atoms with Gasteiger partial charge in [-0.2, -0.15) is 0 Å². The third-order valence-corrected chi connectivity index (χ3v) is 11.1. The number of hydrogen-bond acceptors (Lipinski definition) is 9. The van der Waals surface area contributed by atoms with Gasteiger partial charge in [0.15, 0.2) is 17.2 Å². The van der Waals surface area contributed by atoms with Gasteiger partial charge in [0.05, 0.1) is 5.56 Å². The number of fused-ring (bicyclic) bond motifs is 3. The van der Waals surface area contributed by atoms with Crippen molar-refractivity contribution >= 4 is 28.9 Å². The Kier molecular flexibility index (Phi) is 8.64. The molecule has 4 rings (SSSR count). The van der Waals surface area contributed by atoms with E-state index >= 15 is 0 Å². The van der Waals surface area contributed by atoms with E-state index in [2.05, 4.69) is 0 Å². The first-order valence-corrected chi connectivity index (χ1v) is 15.8. The molecule has 0 heterocycles. The molecule has 1 aromatic rings. The number of aromatic hydroxyl groups is 1. The highest BCUT2D eigenvalue weighted by molar-refractivity contribution is 6.25. The minimum absolute atomic E-state index is 0.0952. The normalized spacial score (nSPS) is 31.2. The molecule has 0 bridgehead atoms. The third-order valence-electron chi connectivity index (χ3n) is 11.1. The van der Waals surface area contributed by atoms with Gasteiger partial charge in [-0.25, -0.2) is 0 Å². The lowest BCUT2D eigenvalue weighted by molar-refractivity contribution is -0.193. The van der Waals surface area contributed by atoms with E-state index in [1.165, 1.54) is 0 Å². The van der Waals surface area contributed by atoms with Gasteiger partial charge in [-0.1, -0.05) is 67.5 Å². The van der Waals surface area contributed by atoms with Crippen LogP contribution in [0.1, 0.15) is 109 Å². The fraction of sp³-hybridized carbons (Fsp3) is 0.583. The Balaban J connectivity index is 2.12. The first-order chi connectivity index (χ1) is 20.7. The van der Waals surface area contributed by atoms with E-state index in [4.69, 9.17) is 0 Å². The standard InChI is InChI=1S/C36H46O9/c1-10-21(38)15-24-34(8)18(6)23-12-11-20(14-22(39)13-16(2)3)29(40)26(23)31(42)28(34)33(44)36(45)32(43)25(19(7)37)30(41)27(17(4)5)35(24,36)9/h11-12,16-18,24,27,40-41,44-45H,10,13-15H2,1-9H3/t18-,24-,27?,34-,35-,36+/m1/s1. The predicted octanol–water partition coefficient (Wildman–Crippen LogP) is 5.66. The highest BCUT2D eigenvalue weighted by atomic mass is 16.4. The lowest BCUT2D eigenvalue weighted by Crippen LogP contribution is -2.71. The van der Waals surface area contributed by atoms with Crippen molar-refractivity contribution in [2.45, 2.75) is 99.5 Å². The number of rotatable bonds is 9. The average molecular weight is 623 g/mol. The van der Waals surface area contributed by atoms with Crippen LogP contribution in [0.25, 0.3) is 0 Å². The Labute approximate surface area is 264 Å². The Hall–Kier alpha value is -3.59. The van der Waals surface area contributed by atoms with Crippen LogP contribution in [0.4, 0.5) is 0 Å². The van der Waals surface area contributed by atoms with Gasteiger partial charge in [0, 0.05) is 53.6 Å². The third kappa shape index (κ3) is 4.55. The number of phenols is 1. The number of aliphatic hydroxyl groups is 3. The minimum atomic E-state index is -2.85. The van der Waals surface area contributed by atoms with Gasteiger partial charge in [-0.15, -0.1) is 0 Å². The maximum Gasteiger partial charge on any atom is 0.209 e. The van der Waals surface area contributed by atoms with Crippen LogP contribution in [-0.2, 0) is 25.6 Å². The first kappa shape index (κ1) is 34.3. The number of allylic oxidation sites excluding steroid dienone is 2. The summed E-state index contributed by atoms with van der Waals surface area (Å²) in [6.45, 7) is 15.1. The maximum atomic E-state index is 14.6. The summed E-state index contributed by atoms with van der Waals surface area (Å²) in [6.07, 6.45) is 0.0992. The van der Waals surface area contributed by atoms with E-state index in [1.807, 2.05) is 13.8 Å². The van der Waals surface area contributed by atoms with Gasteiger partial charge < -0.3 is 20.4 Å². The molecular formula is C36H46O9. The van der Waals surface area contributed by atoms with Gasteiger partial charge in [0.25, 0.3) is 0 Å². The van der Waals surface area contributed by atoms with Gasteiger partial charge in [-0.3, -0.25) is 24.0 Å². The summed E-state index contributed by atoms with van der Waals surface area (Å²) in [4.78, 5) is 67.5. The number of phenolic OH excluding ortho intramolecular Hbond substituents is 1. The van der Waals surface area contributed by atoms with Crippen molar-refractivity contribution in [1.29, 1.82) is 0 Å². The molecule has 4 N–H and O–H groups in total. The largest absolute Gasteiger partial charge is 0.511 e. The fourth-order valence-electron chi connectivity index (χ4n) is 8.87. The monoisotopic (exact) mass is 622 g/mol. The first-order valence-electron chi connectivity index (χ1n) is 15.8. The molecule has 0 aliphatic heterocycles. The zero-order valence-corrected chi connectivity index (χ0v) is 27.7. The van der Waals surface area contributed by atoms with Crippen LogP contribution in [0.2, 0.25) is 0 Å². The molecule has 0 aromatic heterocycles. The molecule has 0 spiro atoms. The predicted molar refractivity (Wildman–Crippen MR) is 167 cm³/mol. The second kappa shape index (κ2) is 11.3. The smallest absolute Gasteiger partial charge is 0.209 e. The molecular weight excluding hydrogens is 576 g/mol. The molecule has 0 saturated heterocycles. The van der Waals surface area contributed by atoms with Crippen LogP contribution >= 0.6 is 0 Å². The molecule has 1 unspecified atom stereocenters. The molecule has 9 nitrogen and oxygen atoms in total. The molecule has 0 amide bonds. The summed E-state index contributed by atoms with van der Waals surface area (Å²) >= 11 is 0. The van der Waals surface area contributed by atoms with E-state index in [0.717, 1.165) is 6.92 Å². The average Bonchev–Trinajstić information content (AvgIpc) is 2.92. The molecule has 1 aromatic carbocycles. The fourth-order valence-corrected chi connectivity index (χ4v) is 8.87. The Morgan fingerprint density at radius 1 is 0.978 bits per heavy atom. The Morgan fingerprint density at radius 3 is 2.09 bits per heavy atom. The summed E-state index contributed by atoms with van der Waals surface area (Å²) in [6, 6.07) is 3.28. The molecule has 0 saturated carbocycles. The van der Waals surface area contributed by atoms with E-state index in [1.54, 1.807) is 53.7 Å². The van der Waals surface area contributed by atoms with Crippen molar-refractivity contribution in [3.63, 3.8) is 0 Å². The van der Waals surface area contributed by atoms with E-state index in [9.17, 15) is 44.4 Å². The van der Waals surface area contributed by atoms with Crippen LogP contribution in [-0.4, -0.2) is 54.9 Å². The topological polar surface area (TPSA) is 166 Å². The number of carbonyl (C=O) groups is 5. The lowest BCUT2D eigenvalue weighted by atomic mass is 9.38. The van der Waals surface area contributed by atoms with Crippen molar-refractivity contribution in [2.75, 3.05) is 0 Å². The van der Waals surface area contributed by atoms with Gasteiger partial charge >= 0.3 is 0 Å². The minimum Gasteiger partial charge on any atom is -0.511 e. The van der Waals surface area contributed by atoms with Crippen molar-refractivity contribution in [2.24, 2.45) is 34.5 Å². The number of Topliss-reactive ketones (excluding diaryl/α,β-unsaturated/α-hetero) is 5. The molecule has 6 atom stereocenters. The van der Waals surface area contributed by atoms with Crippen molar-refractivity contribution in [3.05, 3.63) is 51.5 Å². The number of hydrogen-bond donors (Lipinski definition) is 4. The number of ketones is 5. The van der Waals surface area contributed by atoms with E-state index < -0.39 is 80.3 Å². The van der Waals surface area contributed by atoms with Crippen LogP contribution in [0.5, 0.6) is 5.75 Å². The van der Waals surface area contributed by atoms with Gasteiger partial charge in [-0.05, 0) is 36.2 Å². The molecule has 9 heteroatoms. The molecule has 3 aliphatic rings. The summed E-state index contributed by atoms with van der Waals surface area (Å²) in [5.41, 5.74) is -6.41. The van der Waals surface area contributed by atoms with Crippen molar-refractivity contribution in [1.82, 2.24) is 0 Å². The summed E-state index contributed by atoms with van der Waals surface area (Å²) < 4.78 is 0. The molecule has 0 fully saturated rings. The highest BCUT2D eigenvalue weighted by Crippen LogP contribution is 2.71. The molecule has 45 heavy (non-hydrogen) atoms. The van der Waals surface area contributed by atoms with Gasteiger partial charge in [0.2, 0.25) is 5.78 Å². The van der Waals surface area contributed by atoms with E-state index in [0.29, 0.717) is 5.56 Å². The van der Waals surface area contributed by atoms with Crippen LogP contribution in [0, 0.1) is 34.5 Å². The maximum absolute atomic E-state index is 14.6. The number of benzene rings is 1. The quantitative estimate of drug-likeness (QED) is 0.254. The lowest BCUT2D eigenvalue weighted by Gasteiger charge is -2.65. The SMILES string of the molecule is CCC(=O)C[C@@H]1[C@]2(C)C(=C(O)[C@@]3(O)C(=O)C(C(C)=O)=C(O)C(C(C)C)[C@@]13C)C(=O)c1c(ccc(CC(=O)CC(C)C)c1O)[C@H]2C. The van der Waals surface area contributed by atoms with Crippen LogP contribution in [0.15, 0.2) is 34.8 Å².